The Morgan fingerprint density at radius 2 is 2.05 bits per heavy atom. The van der Waals surface area contributed by atoms with Crippen molar-refractivity contribution in [2.45, 2.75) is 18.9 Å². The fourth-order valence-corrected chi connectivity index (χ4v) is 2.67. The number of hydrogen-bond acceptors (Lipinski definition) is 3. The summed E-state index contributed by atoms with van der Waals surface area (Å²) in [6, 6.07) is 7.63. The maximum atomic E-state index is 11.3. The highest BCUT2D eigenvalue weighted by Gasteiger charge is 2.26. The number of amides is 2. The average Bonchev–Trinajstić information content (AvgIpc) is 2.39. The van der Waals surface area contributed by atoms with Crippen LogP contribution in [0.3, 0.4) is 0 Å². The number of ether oxygens (including phenoxy) is 1. The molecule has 4 N–H and O–H groups in total. The number of carbonyl (C=O) groups excluding carboxylic acids is 1. The molecule has 2 unspecified atom stereocenters. The van der Waals surface area contributed by atoms with Crippen LogP contribution in [0.15, 0.2) is 24.3 Å². The van der Waals surface area contributed by atoms with Gasteiger partial charge in [-0.1, -0.05) is 12.1 Å². The van der Waals surface area contributed by atoms with Crippen LogP contribution in [0.2, 0.25) is 0 Å². The Balaban J connectivity index is 1.98. The smallest absolute Gasteiger partial charge is 0.314 e. The van der Waals surface area contributed by atoms with Crippen LogP contribution < -0.4 is 16.2 Å². The largest absolute Gasteiger partial charge is 0.497 e. The zero-order chi connectivity index (χ0) is 13.8. The molecule has 1 saturated heterocycles. The predicted molar refractivity (Wildman–Crippen MR) is 73.9 cm³/mol. The van der Waals surface area contributed by atoms with Crippen molar-refractivity contribution in [3.05, 3.63) is 29.8 Å². The highest BCUT2D eigenvalue weighted by molar-refractivity contribution is 5.72. The SMILES string of the molecule is COc1ccc(CC2CC(N)CN(C(N)=O)C2)cc1. The first kappa shape index (κ1) is 13.7. The molecule has 1 heterocycles. The molecule has 0 aromatic heterocycles. The molecular weight excluding hydrogens is 242 g/mol. The highest BCUT2D eigenvalue weighted by atomic mass is 16.5. The number of primary amides is 1. The number of methoxy groups -OCH3 is 1. The van der Waals surface area contributed by atoms with E-state index in [0.29, 0.717) is 19.0 Å². The molecule has 0 aliphatic carbocycles. The number of rotatable bonds is 3. The van der Waals surface area contributed by atoms with E-state index in [9.17, 15) is 4.79 Å². The van der Waals surface area contributed by atoms with Gasteiger partial charge in [0.05, 0.1) is 7.11 Å². The lowest BCUT2D eigenvalue weighted by Crippen LogP contribution is -2.51. The topological polar surface area (TPSA) is 81.6 Å². The minimum Gasteiger partial charge on any atom is -0.497 e. The van der Waals surface area contributed by atoms with Crippen LogP contribution in [-0.4, -0.2) is 37.2 Å². The highest BCUT2D eigenvalue weighted by Crippen LogP contribution is 2.21. The van der Waals surface area contributed by atoms with Crippen molar-refractivity contribution < 1.29 is 9.53 Å². The Bertz CT molecular complexity index is 433. The van der Waals surface area contributed by atoms with E-state index in [1.807, 2.05) is 24.3 Å². The molecule has 1 aromatic carbocycles. The van der Waals surface area contributed by atoms with Gasteiger partial charge in [-0.2, -0.15) is 0 Å². The van der Waals surface area contributed by atoms with Crippen molar-refractivity contribution in [3.63, 3.8) is 0 Å². The van der Waals surface area contributed by atoms with Gasteiger partial charge in [0, 0.05) is 19.1 Å². The number of carbonyl (C=O) groups is 1. The summed E-state index contributed by atoms with van der Waals surface area (Å²) < 4.78 is 5.14. The third-order valence-electron chi connectivity index (χ3n) is 3.56. The summed E-state index contributed by atoms with van der Waals surface area (Å²) >= 11 is 0. The molecule has 2 atom stereocenters. The summed E-state index contributed by atoms with van der Waals surface area (Å²) in [5.74, 6) is 1.22. The van der Waals surface area contributed by atoms with Gasteiger partial charge in [-0.25, -0.2) is 4.79 Å². The van der Waals surface area contributed by atoms with Crippen molar-refractivity contribution in [1.82, 2.24) is 4.90 Å². The van der Waals surface area contributed by atoms with E-state index in [-0.39, 0.29) is 12.1 Å². The maximum absolute atomic E-state index is 11.3. The number of hydrogen-bond donors (Lipinski definition) is 2. The number of likely N-dealkylation sites (tertiary alicyclic amines) is 1. The van der Waals surface area contributed by atoms with E-state index in [1.54, 1.807) is 12.0 Å². The summed E-state index contributed by atoms with van der Waals surface area (Å²) in [6.07, 6.45) is 1.83. The molecule has 2 rings (SSSR count). The molecule has 0 spiro atoms. The van der Waals surface area contributed by atoms with Gasteiger partial charge in [0.1, 0.15) is 5.75 Å². The number of piperidine rings is 1. The quantitative estimate of drug-likeness (QED) is 0.852. The summed E-state index contributed by atoms with van der Waals surface area (Å²) in [4.78, 5) is 12.9. The normalized spacial score (nSPS) is 23.2. The number of nitrogens with two attached hydrogens (primary N) is 2. The zero-order valence-corrected chi connectivity index (χ0v) is 11.2. The van der Waals surface area contributed by atoms with Crippen molar-refractivity contribution in [2.24, 2.45) is 17.4 Å². The summed E-state index contributed by atoms with van der Waals surface area (Å²) in [5, 5.41) is 0. The molecule has 1 aliphatic heterocycles. The minimum absolute atomic E-state index is 0.0181. The molecule has 104 valence electrons. The molecule has 1 fully saturated rings. The zero-order valence-electron chi connectivity index (χ0n) is 11.2. The fraction of sp³-hybridized carbons (Fsp3) is 0.500. The van der Waals surface area contributed by atoms with Gasteiger partial charge in [0.2, 0.25) is 0 Å². The van der Waals surface area contributed by atoms with Gasteiger partial charge in [-0.05, 0) is 36.5 Å². The van der Waals surface area contributed by atoms with Crippen LogP contribution in [-0.2, 0) is 6.42 Å². The molecule has 2 amide bonds. The van der Waals surface area contributed by atoms with Crippen molar-refractivity contribution in [1.29, 1.82) is 0 Å². The van der Waals surface area contributed by atoms with Gasteiger partial charge < -0.3 is 21.1 Å². The molecule has 0 bridgehead atoms. The molecule has 19 heavy (non-hydrogen) atoms. The lowest BCUT2D eigenvalue weighted by molar-refractivity contribution is 0.163. The lowest BCUT2D eigenvalue weighted by atomic mass is 9.89. The van der Waals surface area contributed by atoms with E-state index < -0.39 is 0 Å². The van der Waals surface area contributed by atoms with Crippen molar-refractivity contribution in [3.8, 4) is 5.75 Å². The average molecular weight is 263 g/mol. The Morgan fingerprint density at radius 1 is 1.37 bits per heavy atom. The molecule has 5 nitrogen and oxygen atoms in total. The van der Waals surface area contributed by atoms with Crippen LogP contribution in [0, 0.1) is 5.92 Å². The second-order valence-electron chi connectivity index (χ2n) is 5.16. The van der Waals surface area contributed by atoms with Gasteiger partial charge in [-0.3, -0.25) is 0 Å². The Kier molecular flexibility index (Phi) is 4.27. The van der Waals surface area contributed by atoms with E-state index in [4.69, 9.17) is 16.2 Å². The Hall–Kier alpha value is -1.75. The predicted octanol–water partition coefficient (Wildman–Crippen LogP) is 0.966. The number of benzene rings is 1. The molecular formula is C14H21N3O2. The molecule has 1 aromatic rings. The number of nitrogens with zero attached hydrogens (tertiary/aromatic N) is 1. The van der Waals surface area contributed by atoms with Crippen LogP contribution in [0.25, 0.3) is 0 Å². The van der Waals surface area contributed by atoms with E-state index in [0.717, 1.165) is 18.6 Å². The van der Waals surface area contributed by atoms with E-state index in [2.05, 4.69) is 0 Å². The second kappa shape index (κ2) is 5.93. The third kappa shape index (κ3) is 3.61. The van der Waals surface area contributed by atoms with Crippen LogP contribution >= 0.6 is 0 Å². The van der Waals surface area contributed by atoms with E-state index in [1.165, 1.54) is 5.56 Å². The first-order valence-electron chi connectivity index (χ1n) is 6.51. The third-order valence-corrected chi connectivity index (χ3v) is 3.56. The molecule has 1 aliphatic rings. The first-order valence-corrected chi connectivity index (χ1v) is 6.51. The monoisotopic (exact) mass is 263 g/mol. The minimum atomic E-state index is -0.380. The molecule has 0 saturated carbocycles. The Labute approximate surface area is 113 Å². The first-order chi connectivity index (χ1) is 9.08. The van der Waals surface area contributed by atoms with Crippen molar-refractivity contribution in [2.75, 3.05) is 20.2 Å². The van der Waals surface area contributed by atoms with Crippen molar-refractivity contribution >= 4 is 6.03 Å². The standard InChI is InChI=1S/C14H21N3O2/c1-19-13-4-2-10(3-5-13)6-11-7-12(15)9-17(8-11)14(16)18/h2-5,11-12H,6-9,15H2,1H3,(H2,16,18). The van der Waals surface area contributed by atoms with Gasteiger partial charge in [0.15, 0.2) is 0 Å². The van der Waals surface area contributed by atoms with Gasteiger partial charge in [-0.15, -0.1) is 0 Å². The fourth-order valence-electron chi connectivity index (χ4n) is 2.67. The number of urea groups is 1. The van der Waals surface area contributed by atoms with Gasteiger partial charge in [0.25, 0.3) is 0 Å². The van der Waals surface area contributed by atoms with E-state index >= 15 is 0 Å². The molecule has 5 heteroatoms. The Morgan fingerprint density at radius 3 is 2.63 bits per heavy atom. The van der Waals surface area contributed by atoms with Gasteiger partial charge >= 0.3 is 6.03 Å². The second-order valence-corrected chi connectivity index (χ2v) is 5.16. The summed E-state index contributed by atoms with van der Waals surface area (Å²) in [7, 11) is 1.65. The summed E-state index contributed by atoms with van der Waals surface area (Å²) in [6.45, 7) is 1.25. The van der Waals surface area contributed by atoms with Crippen LogP contribution in [0.4, 0.5) is 4.79 Å². The maximum Gasteiger partial charge on any atom is 0.314 e. The lowest BCUT2D eigenvalue weighted by Gasteiger charge is -2.35. The molecule has 0 radical (unpaired) electrons. The van der Waals surface area contributed by atoms with Crippen LogP contribution in [0.1, 0.15) is 12.0 Å². The summed E-state index contributed by atoms with van der Waals surface area (Å²) in [5.41, 5.74) is 12.5. The van der Waals surface area contributed by atoms with Crippen LogP contribution in [0.5, 0.6) is 5.75 Å².